The van der Waals surface area contributed by atoms with Gasteiger partial charge in [0.15, 0.2) is 0 Å². The van der Waals surface area contributed by atoms with E-state index in [1.807, 2.05) is 0 Å². The molecule has 4 rings (SSSR count). The average Bonchev–Trinajstić information content (AvgIpc) is 3.04. The van der Waals surface area contributed by atoms with Crippen LogP contribution in [0.4, 0.5) is 5.69 Å². The van der Waals surface area contributed by atoms with Gasteiger partial charge < -0.3 is 4.55 Å². The topological polar surface area (TPSA) is 73.8 Å². The molecule has 4 nitrogen and oxygen atoms in total. The van der Waals surface area contributed by atoms with E-state index in [1.54, 1.807) is 30.3 Å². The summed E-state index contributed by atoms with van der Waals surface area (Å²) in [4.78, 5) is 0. The first-order valence-electron chi connectivity index (χ1n) is 7.53. The highest BCUT2D eigenvalue weighted by Crippen LogP contribution is 2.26. The molecule has 0 saturated heterocycles. The average molecular weight is 339 g/mol. The summed E-state index contributed by atoms with van der Waals surface area (Å²) >= 11 is 0. The zero-order valence-electron chi connectivity index (χ0n) is 12.9. The molecule has 0 saturated carbocycles. The van der Waals surface area contributed by atoms with Crippen molar-refractivity contribution in [3.05, 3.63) is 84.1 Å². The van der Waals surface area contributed by atoms with E-state index in [0.29, 0.717) is 5.56 Å². The molecule has 0 bridgehead atoms. The van der Waals surface area contributed by atoms with Crippen LogP contribution in [-0.2, 0) is 15.9 Å². The monoisotopic (exact) mass is 339 g/mol. The molecule has 0 aromatic heterocycles. The molecule has 122 valence electrons. The molecule has 3 aromatic rings. The number of hydrogen-bond donors (Lipinski definition) is 1. The van der Waals surface area contributed by atoms with Crippen molar-refractivity contribution in [2.75, 3.05) is 0 Å². The van der Waals surface area contributed by atoms with Crippen LogP contribution in [0.3, 0.4) is 0 Å². The maximum atomic E-state index is 10.2. The molecule has 0 aliphatic carbocycles. The fourth-order valence-electron chi connectivity index (χ4n) is 2.67. The third kappa shape index (κ3) is 4.08. The maximum Gasteiger partial charge on any atom is 0.142 e. The van der Waals surface area contributed by atoms with Gasteiger partial charge in [-0.25, -0.2) is 8.42 Å². The van der Waals surface area contributed by atoms with Crippen LogP contribution in [0.5, 0.6) is 0 Å². The number of nitrogens with two attached hydrogens (primary N) is 1. The Labute approximate surface area is 141 Å². The second-order valence-electron chi connectivity index (χ2n) is 5.50. The van der Waals surface area contributed by atoms with Crippen molar-refractivity contribution >= 4 is 32.7 Å². The third-order valence-electron chi connectivity index (χ3n) is 3.73. The highest BCUT2D eigenvalue weighted by atomic mass is 32.2. The van der Waals surface area contributed by atoms with Gasteiger partial charge in [-0.1, -0.05) is 54.6 Å². The van der Waals surface area contributed by atoms with Gasteiger partial charge >= 0.3 is 0 Å². The van der Waals surface area contributed by atoms with E-state index in [4.69, 9.17) is 0 Å². The second kappa shape index (κ2) is 6.97. The fraction of sp³-hybridized carbons (Fsp3) is 0.0526. The lowest BCUT2D eigenvalue weighted by Crippen LogP contribution is -2.69. The van der Waals surface area contributed by atoms with Crippen LogP contribution < -0.4 is 5.32 Å². The van der Waals surface area contributed by atoms with Crippen LogP contribution in [0.25, 0.3) is 16.8 Å². The minimum absolute atomic E-state index is 0.423. The quantitative estimate of drug-likeness (QED) is 0.576. The van der Waals surface area contributed by atoms with Crippen LogP contribution in [0, 0.1) is 0 Å². The molecule has 0 amide bonds. The van der Waals surface area contributed by atoms with Crippen LogP contribution in [0.1, 0.15) is 11.1 Å². The molecule has 1 heterocycles. The number of benzene rings is 3. The van der Waals surface area contributed by atoms with E-state index < -0.39 is 15.9 Å². The molecule has 3 aromatic carbocycles. The Kier molecular flexibility index (Phi) is 4.76. The molecule has 0 atom stereocenters. The molecule has 0 fully saturated rings. The zero-order chi connectivity index (χ0) is 17.0. The Morgan fingerprint density at radius 2 is 1.58 bits per heavy atom. The van der Waals surface area contributed by atoms with Crippen molar-refractivity contribution in [2.24, 2.45) is 0 Å². The highest BCUT2D eigenvalue weighted by molar-refractivity contribution is 7.84. The molecule has 1 aliphatic rings. The normalized spacial score (nSPS) is 12.5. The Morgan fingerprint density at radius 1 is 0.875 bits per heavy atom. The van der Waals surface area contributed by atoms with E-state index in [1.165, 1.54) is 22.0 Å². The lowest BCUT2D eigenvalue weighted by Gasteiger charge is -2.05. The second-order valence-corrected chi connectivity index (χ2v) is 6.91. The van der Waals surface area contributed by atoms with Gasteiger partial charge in [0.25, 0.3) is 0 Å². The summed E-state index contributed by atoms with van der Waals surface area (Å²) in [6.07, 6.45) is 4.29. The van der Waals surface area contributed by atoms with Gasteiger partial charge in [-0.15, -0.1) is 0 Å². The van der Waals surface area contributed by atoms with E-state index in [9.17, 15) is 13.0 Å². The SMILES string of the molecule is C1=Cc2c(ccc3ccccc23)[NH2+]1.O=S(=O)([O-])Cc1ccccc1. The Balaban J connectivity index is 0.000000144. The van der Waals surface area contributed by atoms with Crippen LogP contribution in [0.15, 0.2) is 72.9 Å². The van der Waals surface area contributed by atoms with Gasteiger partial charge in [0.05, 0.1) is 22.1 Å². The summed E-state index contributed by atoms with van der Waals surface area (Å²) in [7, 11) is -4.13. The summed E-state index contributed by atoms with van der Waals surface area (Å²) < 4.78 is 30.7. The van der Waals surface area contributed by atoms with Crippen LogP contribution >= 0.6 is 0 Å². The molecule has 5 heteroatoms. The van der Waals surface area contributed by atoms with Crippen LogP contribution in [0.2, 0.25) is 0 Å². The first-order valence-corrected chi connectivity index (χ1v) is 9.11. The van der Waals surface area contributed by atoms with E-state index in [-0.39, 0.29) is 0 Å². The summed E-state index contributed by atoms with van der Waals surface area (Å²) in [5, 5.41) is 4.83. The zero-order valence-corrected chi connectivity index (χ0v) is 13.7. The van der Waals surface area contributed by atoms with Crippen molar-refractivity contribution in [2.45, 2.75) is 5.75 Å². The summed E-state index contributed by atoms with van der Waals surface area (Å²) in [5.41, 5.74) is 3.22. The lowest BCUT2D eigenvalue weighted by atomic mass is 10.0. The summed E-state index contributed by atoms with van der Waals surface area (Å²) in [5.74, 6) is -0.423. The lowest BCUT2D eigenvalue weighted by molar-refractivity contribution is -0.491. The Hall–Kier alpha value is -2.47. The summed E-state index contributed by atoms with van der Waals surface area (Å²) in [6, 6.07) is 21.2. The minimum atomic E-state index is -4.13. The van der Waals surface area contributed by atoms with Gasteiger partial charge in [-0.3, -0.25) is 5.32 Å². The van der Waals surface area contributed by atoms with Crippen molar-refractivity contribution in [3.8, 4) is 0 Å². The van der Waals surface area contributed by atoms with E-state index in [2.05, 4.69) is 54.0 Å². The maximum absolute atomic E-state index is 10.2. The van der Waals surface area contributed by atoms with Gasteiger partial charge in [-0.05, 0) is 22.4 Å². The number of quaternary nitrogens is 1. The first-order chi connectivity index (χ1) is 11.5. The number of hydrogen-bond acceptors (Lipinski definition) is 3. The predicted molar refractivity (Wildman–Crippen MR) is 94.4 cm³/mol. The molecule has 0 unspecified atom stereocenters. The Bertz CT molecular complexity index is 980. The van der Waals surface area contributed by atoms with Crippen molar-refractivity contribution in [1.29, 1.82) is 0 Å². The van der Waals surface area contributed by atoms with Gasteiger partial charge in [0, 0.05) is 17.7 Å². The van der Waals surface area contributed by atoms with Crippen molar-refractivity contribution in [3.63, 3.8) is 0 Å². The number of fused-ring (bicyclic) bond motifs is 3. The molecule has 1 aliphatic heterocycles. The van der Waals surface area contributed by atoms with Gasteiger partial charge in [0.2, 0.25) is 0 Å². The third-order valence-corrected chi connectivity index (χ3v) is 4.42. The van der Waals surface area contributed by atoms with E-state index in [0.717, 1.165) is 0 Å². The molecule has 0 radical (unpaired) electrons. The minimum Gasteiger partial charge on any atom is -0.748 e. The fourth-order valence-corrected chi connectivity index (χ4v) is 3.27. The van der Waals surface area contributed by atoms with E-state index >= 15 is 0 Å². The predicted octanol–water partition coefficient (Wildman–Crippen LogP) is 2.75. The number of rotatable bonds is 2. The molecular weight excluding hydrogens is 322 g/mol. The standard InChI is InChI=1S/C12H9N.C7H8O3S/c1-2-4-10-9(3-1)5-6-12-11(10)7-8-13-12;8-11(9,10)6-7-4-2-1-3-5-7/h1-8,13H;1-5H,6H2,(H,8,9,10). The molecule has 0 spiro atoms. The van der Waals surface area contributed by atoms with Crippen LogP contribution in [-0.4, -0.2) is 13.0 Å². The van der Waals surface area contributed by atoms with Gasteiger partial charge in [-0.2, -0.15) is 0 Å². The first kappa shape index (κ1) is 16.4. The smallest absolute Gasteiger partial charge is 0.142 e. The Morgan fingerprint density at radius 3 is 2.33 bits per heavy atom. The molecule has 24 heavy (non-hydrogen) atoms. The van der Waals surface area contributed by atoms with Crippen molar-refractivity contribution < 1.29 is 18.3 Å². The summed E-state index contributed by atoms with van der Waals surface area (Å²) in [6.45, 7) is 0. The molecule has 2 N–H and O–H groups in total. The highest BCUT2D eigenvalue weighted by Gasteiger charge is 2.11. The largest absolute Gasteiger partial charge is 0.748 e. The van der Waals surface area contributed by atoms with Crippen molar-refractivity contribution in [1.82, 2.24) is 0 Å². The van der Waals surface area contributed by atoms with Gasteiger partial charge in [0.1, 0.15) is 5.69 Å². The molecular formula is C19H17NO3S.